The first-order valence-corrected chi connectivity index (χ1v) is 9.61. The number of hydrogen-bond acceptors (Lipinski definition) is 2. The highest BCUT2D eigenvalue weighted by molar-refractivity contribution is 6.02. The van der Waals surface area contributed by atoms with Gasteiger partial charge in [0.05, 0.1) is 0 Å². The van der Waals surface area contributed by atoms with Crippen molar-refractivity contribution >= 4 is 17.9 Å². The van der Waals surface area contributed by atoms with E-state index in [1.54, 1.807) is 6.08 Å². The Labute approximate surface area is 157 Å². The maximum Gasteiger partial charge on any atom is 0.270 e. The molecule has 0 spiro atoms. The summed E-state index contributed by atoms with van der Waals surface area (Å²) in [5, 5.41) is 2.87. The topological polar surface area (TPSA) is 49.4 Å². The number of hydrogen-bond donors (Lipinski definition) is 1. The highest BCUT2D eigenvalue weighted by Crippen LogP contribution is 2.19. The molecule has 1 aliphatic rings. The molecule has 0 aliphatic carbocycles. The molecule has 0 saturated carbocycles. The van der Waals surface area contributed by atoms with Gasteiger partial charge in [-0.25, -0.2) is 0 Å². The standard InChI is InChI=1S/C22H32N2O2/c1-16(2)18-11-9-17(10-12-18)15-19(23-21(26)22(3,4)5)20(25)24-13-7-6-8-14-24/h9-12,15-16H,6-8,13-14H2,1-5H3,(H,23,26)/b19-15-. The molecule has 26 heavy (non-hydrogen) atoms. The van der Waals surface area contributed by atoms with Crippen LogP contribution in [0.3, 0.4) is 0 Å². The van der Waals surface area contributed by atoms with Crippen LogP contribution in [0.5, 0.6) is 0 Å². The summed E-state index contributed by atoms with van der Waals surface area (Å²) in [7, 11) is 0. The third-order valence-electron chi connectivity index (χ3n) is 4.72. The van der Waals surface area contributed by atoms with Crippen LogP contribution >= 0.6 is 0 Å². The summed E-state index contributed by atoms with van der Waals surface area (Å²) in [5.41, 5.74) is 1.99. The Morgan fingerprint density at radius 1 is 1.04 bits per heavy atom. The molecule has 0 unspecified atom stereocenters. The Morgan fingerprint density at radius 2 is 1.62 bits per heavy atom. The monoisotopic (exact) mass is 356 g/mol. The van der Waals surface area contributed by atoms with Gasteiger partial charge in [-0.05, 0) is 42.4 Å². The number of rotatable bonds is 4. The Kier molecular flexibility index (Phi) is 6.63. The van der Waals surface area contributed by atoms with Crippen molar-refractivity contribution in [2.75, 3.05) is 13.1 Å². The van der Waals surface area contributed by atoms with Gasteiger partial charge < -0.3 is 10.2 Å². The van der Waals surface area contributed by atoms with Crippen molar-refractivity contribution in [2.45, 2.75) is 59.8 Å². The zero-order valence-corrected chi connectivity index (χ0v) is 16.8. The third-order valence-corrected chi connectivity index (χ3v) is 4.72. The Morgan fingerprint density at radius 3 is 2.12 bits per heavy atom. The van der Waals surface area contributed by atoms with Gasteiger partial charge in [0.2, 0.25) is 5.91 Å². The van der Waals surface area contributed by atoms with E-state index in [1.165, 1.54) is 5.56 Å². The molecule has 1 aromatic carbocycles. The summed E-state index contributed by atoms with van der Waals surface area (Å²) in [6, 6.07) is 8.15. The van der Waals surface area contributed by atoms with Gasteiger partial charge in [-0.3, -0.25) is 9.59 Å². The first kappa shape index (κ1) is 20.2. The summed E-state index contributed by atoms with van der Waals surface area (Å²) in [6.07, 6.45) is 5.00. The molecule has 4 heteroatoms. The van der Waals surface area contributed by atoms with Crippen molar-refractivity contribution in [1.82, 2.24) is 10.2 Å². The predicted molar refractivity (Wildman–Crippen MR) is 107 cm³/mol. The molecule has 0 bridgehead atoms. The first-order valence-electron chi connectivity index (χ1n) is 9.61. The molecule has 1 aliphatic heterocycles. The second-order valence-corrected chi connectivity index (χ2v) is 8.44. The minimum absolute atomic E-state index is 0.0877. The maximum atomic E-state index is 13.0. The van der Waals surface area contributed by atoms with Gasteiger partial charge in [0, 0.05) is 18.5 Å². The highest BCUT2D eigenvalue weighted by atomic mass is 16.2. The molecule has 0 radical (unpaired) electrons. The molecule has 2 amide bonds. The lowest BCUT2D eigenvalue weighted by Gasteiger charge is -2.28. The number of piperidine rings is 1. The van der Waals surface area contributed by atoms with Gasteiger partial charge in [-0.15, -0.1) is 0 Å². The van der Waals surface area contributed by atoms with Crippen molar-refractivity contribution in [3.8, 4) is 0 Å². The lowest BCUT2D eigenvalue weighted by Crippen LogP contribution is -2.43. The second kappa shape index (κ2) is 8.52. The molecule has 1 heterocycles. The van der Waals surface area contributed by atoms with Gasteiger partial charge in [0.15, 0.2) is 0 Å². The lowest BCUT2D eigenvalue weighted by atomic mass is 9.95. The smallest absolute Gasteiger partial charge is 0.270 e. The minimum atomic E-state index is -0.553. The number of carbonyl (C=O) groups is 2. The number of benzene rings is 1. The number of amides is 2. The summed E-state index contributed by atoms with van der Waals surface area (Å²) >= 11 is 0. The number of likely N-dealkylation sites (tertiary alicyclic amines) is 1. The van der Waals surface area contributed by atoms with Crippen molar-refractivity contribution in [1.29, 1.82) is 0 Å². The normalized spacial score (nSPS) is 15.9. The third kappa shape index (κ3) is 5.45. The average molecular weight is 357 g/mol. The number of carbonyl (C=O) groups excluding carboxylic acids is 2. The van der Waals surface area contributed by atoms with Crippen LogP contribution in [0.25, 0.3) is 6.08 Å². The van der Waals surface area contributed by atoms with E-state index >= 15 is 0 Å². The molecule has 1 N–H and O–H groups in total. The van der Waals surface area contributed by atoms with Crippen molar-refractivity contribution in [3.05, 3.63) is 41.1 Å². The van der Waals surface area contributed by atoms with Gasteiger partial charge in [-0.1, -0.05) is 58.9 Å². The highest BCUT2D eigenvalue weighted by Gasteiger charge is 2.26. The van der Waals surface area contributed by atoms with Crippen LogP contribution in [-0.2, 0) is 9.59 Å². The molecule has 1 saturated heterocycles. The number of nitrogens with zero attached hydrogens (tertiary/aromatic N) is 1. The fourth-order valence-corrected chi connectivity index (χ4v) is 2.87. The Bertz CT molecular complexity index is 660. The van der Waals surface area contributed by atoms with Crippen LogP contribution < -0.4 is 5.32 Å². The van der Waals surface area contributed by atoms with E-state index in [4.69, 9.17) is 0 Å². The van der Waals surface area contributed by atoms with E-state index in [1.807, 2.05) is 37.8 Å². The van der Waals surface area contributed by atoms with Crippen LogP contribution in [0, 0.1) is 5.41 Å². The van der Waals surface area contributed by atoms with Crippen LogP contribution in [0.2, 0.25) is 0 Å². The zero-order valence-electron chi connectivity index (χ0n) is 16.8. The first-order chi connectivity index (χ1) is 12.2. The fourth-order valence-electron chi connectivity index (χ4n) is 2.87. The predicted octanol–water partition coefficient (Wildman–Crippen LogP) is 4.33. The van der Waals surface area contributed by atoms with Crippen LogP contribution in [0.1, 0.15) is 70.9 Å². The Balaban J connectivity index is 2.29. The quantitative estimate of drug-likeness (QED) is 0.817. The van der Waals surface area contributed by atoms with Crippen molar-refractivity contribution < 1.29 is 9.59 Å². The Hall–Kier alpha value is -2.10. The van der Waals surface area contributed by atoms with Gasteiger partial charge in [0.1, 0.15) is 5.70 Å². The van der Waals surface area contributed by atoms with E-state index in [0.29, 0.717) is 11.6 Å². The summed E-state index contributed by atoms with van der Waals surface area (Å²) < 4.78 is 0. The molecule has 2 rings (SSSR count). The molecule has 4 nitrogen and oxygen atoms in total. The van der Waals surface area contributed by atoms with E-state index in [9.17, 15) is 9.59 Å². The van der Waals surface area contributed by atoms with E-state index in [2.05, 4.69) is 31.3 Å². The molecule has 1 fully saturated rings. The van der Waals surface area contributed by atoms with Gasteiger partial charge >= 0.3 is 0 Å². The SMILES string of the molecule is CC(C)c1ccc(/C=C(\NC(=O)C(C)(C)C)C(=O)N2CCCCC2)cc1. The van der Waals surface area contributed by atoms with Crippen molar-refractivity contribution in [2.24, 2.45) is 5.41 Å². The molecular formula is C22H32N2O2. The maximum absolute atomic E-state index is 13.0. The molecule has 0 atom stereocenters. The van der Waals surface area contributed by atoms with Gasteiger partial charge in [0.25, 0.3) is 5.91 Å². The fraction of sp³-hybridized carbons (Fsp3) is 0.545. The van der Waals surface area contributed by atoms with E-state index in [-0.39, 0.29) is 11.8 Å². The largest absolute Gasteiger partial charge is 0.337 e. The van der Waals surface area contributed by atoms with Crippen LogP contribution in [-0.4, -0.2) is 29.8 Å². The molecule has 0 aromatic heterocycles. The van der Waals surface area contributed by atoms with E-state index in [0.717, 1.165) is 37.9 Å². The van der Waals surface area contributed by atoms with Gasteiger partial charge in [-0.2, -0.15) is 0 Å². The average Bonchev–Trinajstić information content (AvgIpc) is 2.60. The molecule has 142 valence electrons. The second-order valence-electron chi connectivity index (χ2n) is 8.44. The van der Waals surface area contributed by atoms with Crippen LogP contribution in [0.4, 0.5) is 0 Å². The lowest BCUT2D eigenvalue weighted by molar-refractivity contribution is -0.132. The summed E-state index contributed by atoms with van der Waals surface area (Å²) in [5.74, 6) is 0.228. The summed E-state index contributed by atoms with van der Waals surface area (Å²) in [4.78, 5) is 27.3. The molecular weight excluding hydrogens is 324 g/mol. The minimum Gasteiger partial charge on any atom is -0.337 e. The van der Waals surface area contributed by atoms with Crippen molar-refractivity contribution in [3.63, 3.8) is 0 Å². The molecule has 1 aromatic rings. The zero-order chi connectivity index (χ0) is 19.3. The summed E-state index contributed by atoms with van der Waals surface area (Å²) in [6.45, 7) is 11.4. The van der Waals surface area contributed by atoms with E-state index < -0.39 is 5.41 Å². The van der Waals surface area contributed by atoms with Crippen LogP contribution in [0.15, 0.2) is 30.0 Å². The number of nitrogens with one attached hydrogen (secondary N) is 1.